The molecule has 0 bridgehead atoms. The predicted octanol–water partition coefficient (Wildman–Crippen LogP) is 4.94. The highest BCUT2D eigenvalue weighted by atomic mass is 35.5. The van der Waals surface area contributed by atoms with Crippen LogP contribution in [0, 0.1) is 0 Å². The number of aromatic nitrogens is 5. The summed E-state index contributed by atoms with van der Waals surface area (Å²) in [6.45, 7) is 0. The molecule has 0 atom stereocenters. The van der Waals surface area contributed by atoms with E-state index in [4.69, 9.17) is 23.2 Å². The lowest BCUT2D eigenvalue weighted by molar-refractivity contribution is 0.979. The van der Waals surface area contributed by atoms with Gasteiger partial charge in [-0.3, -0.25) is 4.98 Å². The van der Waals surface area contributed by atoms with Crippen molar-refractivity contribution in [1.29, 1.82) is 0 Å². The number of hydrogen-bond acceptors (Lipinski definition) is 6. The van der Waals surface area contributed by atoms with E-state index in [2.05, 4.69) is 24.9 Å². The van der Waals surface area contributed by atoms with E-state index in [-0.39, 0.29) is 0 Å². The van der Waals surface area contributed by atoms with Crippen molar-refractivity contribution in [2.75, 3.05) is 0 Å². The van der Waals surface area contributed by atoms with E-state index in [1.807, 2.05) is 30.3 Å². The minimum atomic E-state index is 0.309. The number of fused-ring (bicyclic) bond motifs is 1. The normalized spacial score (nSPS) is 11.0. The molecule has 0 saturated carbocycles. The fourth-order valence-electron chi connectivity index (χ4n) is 2.27. The predicted molar refractivity (Wildman–Crippen MR) is 98.9 cm³/mol. The van der Waals surface area contributed by atoms with Crippen molar-refractivity contribution in [2.24, 2.45) is 0 Å². The zero-order valence-electron chi connectivity index (χ0n) is 12.6. The number of pyridine rings is 1. The van der Waals surface area contributed by atoms with Gasteiger partial charge in [0.1, 0.15) is 10.7 Å². The zero-order valence-corrected chi connectivity index (χ0v) is 14.9. The molecule has 0 aliphatic rings. The smallest absolute Gasteiger partial charge is 0.194 e. The molecule has 0 N–H and O–H groups in total. The van der Waals surface area contributed by atoms with Crippen molar-refractivity contribution in [3.63, 3.8) is 0 Å². The van der Waals surface area contributed by atoms with E-state index in [0.717, 1.165) is 16.0 Å². The van der Waals surface area contributed by atoms with E-state index < -0.39 is 0 Å². The minimum absolute atomic E-state index is 0.309. The average Bonchev–Trinajstić information content (AvgIpc) is 2.64. The lowest BCUT2D eigenvalue weighted by Gasteiger charge is -2.08. The molecule has 0 aliphatic carbocycles. The molecule has 0 fully saturated rings. The number of hydrogen-bond donors (Lipinski definition) is 0. The largest absolute Gasteiger partial charge is 0.264 e. The van der Waals surface area contributed by atoms with Crippen LogP contribution in [-0.2, 0) is 0 Å². The van der Waals surface area contributed by atoms with Crippen LogP contribution < -0.4 is 0 Å². The van der Waals surface area contributed by atoms with Gasteiger partial charge in [-0.2, -0.15) is 0 Å². The molecule has 25 heavy (non-hydrogen) atoms. The monoisotopic (exact) mass is 385 g/mol. The molecule has 3 aromatic heterocycles. The Morgan fingerprint density at radius 2 is 1.80 bits per heavy atom. The SMILES string of the molecule is Clc1cnc2nc(Sc3cccc(-c4cccnc4)c3Cl)ncc2n1. The van der Waals surface area contributed by atoms with Crippen LogP contribution in [0.15, 0.2) is 65.2 Å². The van der Waals surface area contributed by atoms with Gasteiger partial charge in [0.25, 0.3) is 0 Å². The first-order valence-electron chi connectivity index (χ1n) is 7.23. The fourth-order valence-corrected chi connectivity index (χ4v) is 3.54. The number of nitrogens with zero attached hydrogens (tertiary/aromatic N) is 5. The Morgan fingerprint density at radius 3 is 2.64 bits per heavy atom. The van der Waals surface area contributed by atoms with Crippen molar-refractivity contribution in [2.45, 2.75) is 10.1 Å². The summed E-state index contributed by atoms with van der Waals surface area (Å²) in [6, 6.07) is 9.67. The van der Waals surface area contributed by atoms with Crippen molar-refractivity contribution in [3.05, 3.63) is 65.3 Å². The lowest BCUT2D eigenvalue weighted by atomic mass is 10.1. The Balaban J connectivity index is 1.70. The van der Waals surface area contributed by atoms with Gasteiger partial charge in [-0.15, -0.1) is 0 Å². The molecule has 5 nitrogen and oxygen atoms in total. The van der Waals surface area contributed by atoms with Gasteiger partial charge in [0.2, 0.25) is 0 Å². The summed E-state index contributed by atoms with van der Waals surface area (Å²) in [5.41, 5.74) is 2.90. The molecule has 4 rings (SSSR count). The van der Waals surface area contributed by atoms with Gasteiger partial charge in [-0.25, -0.2) is 19.9 Å². The molecule has 4 aromatic rings. The Bertz CT molecular complexity index is 1060. The maximum Gasteiger partial charge on any atom is 0.194 e. The van der Waals surface area contributed by atoms with Gasteiger partial charge in [-0.05, 0) is 23.9 Å². The second-order valence-electron chi connectivity index (χ2n) is 5.02. The zero-order chi connectivity index (χ0) is 17.2. The third-order valence-electron chi connectivity index (χ3n) is 3.39. The van der Waals surface area contributed by atoms with Crippen LogP contribution in [0.2, 0.25) is 10.2 Å². The Labute approximate surface area is 157 Å². The first-order chi connectivity index (χ1) is 12.2. The summed E-state index contributed by atoms with van der Waals surface area (Å²) in [5.74, 6) is 0. The van der Waals surface area contributed by atoms with Gasteiger partial charge in [0.05, 0.1) is 17.4 Å². The number of halogens is 2. The molecule has 0 radical (unpaired) electrons. The Kier molecular flexibility index (Phi) is 4.48. The second kappa shape index (κ2) is 6.92. The van der Waals surface area contributed by atoms with Crippen molar-refractivity contribution in [1.82, 2.24) is 24.9 Å². The number of rotatable bonds is 3. The summed E-state index contributed by atoms with van der Waals surface area (Å²) in [7, 11) is 0. The summed E-state index contributed by atoms with van der Waals surface area (Å²) in [6.07, 6.45) is 6.57. The fraction of sp³-hybridized carbons (Fsp3) is 0. The minimum Gasteiger partial charge on any atom is -0.264 e. The van der Waals surface area contributed by atoms with Crippen LogP contribution in [0.5, 0.6) is 0 Å². The highest BCUT2D eigenvalue weighted by Crippen LogP contribution is 2.37. The maximum atomic E-state index is 6.58. The van der Waals surface area contributed by atoms with Crippen molar-refractivity contribution < 1.29 is 0 Å². The van der Waals surface area contributed by atoms with E-state index >= 15 is 0 Å². The molecule has 0 spiro atoms. The van der Waals surface area contributed by atoms with Gasteiger partial charge >= 0.3 is 0 Å². The Morgan fingerprint density at radius 1 is 0.880 bits per heavy atom. The molecule has 0 aliphatic heterocycles. The highest BCUT2D eigenvalue weighted by Gasteiger charge is 2.12. The third kappa shape index (κ3) is 3.42. The van der Waals surface area contributed by atoms with Crippen LogP contribution in [-0.4, -0.2) is 24.9 Å². The van der Waals surface area contributed by atoms with Gasteiger partial charge in [0, 0.05) is 28.4 Å². The molecule has 3 heterocycles. The van der Waals surface area contributed by atoms with E-state index in [1.165, 1.54) is 18.0 Å². The summed E-state index contributed by atoms with van der Waals surface area (Å²) in [5, 5.41) is 1.48. The topological polar surface area (TPSA) is 64.5 Å². The van der Waals surface area contributed by atoms with Crippen LogP contribution in [0.1, 0.15) is 0 Å². The van der Waals surface area contributed by atoms with Gasteiger partial charge < -0.3 is 0 Å². The first kappa shape index (κ1) is 16.2. The molecule has 0 unspecified atom stereocenters. The van der Waals surface area contributed by atoms with Crippen molar-refractivity contribution >= 4 is 46.1 Å². The summed E-state index contributed by atoms with van der Waals surface area (Å²) < 4.78 is 0. The quantitative estimate of drug-likeness (QED) is 0.465. The second-order valence-corrected chi connectivity index (χ2v) is 6.79. The molecule has 1 aromatic carbocycles. The maximum absolute atomic E-state index is 6.58. The van der Waals surface area contributed by atoms with Crippen LogP contribution in [0.25, 0.3) is 22.3 Å². The number of benzene rings is 1. The third-order valence-corrected chi connectivity index (χ3v) is 5.03. The lowest BCUT2D eigenvalue weighted by Crippen LogP contribution is -1.93. The molecule has 122 valence electrons. The molecular weight excluding hydrogens is 377 g/mol. The molecule has 8 heteroatoms. The first-order valence-corrected chi connectivity index (χ1v) is 8.80. The van der Waals surface area contributed by atoms with Gasteiger partial charge in [0.15, 0.2) is 10.8 Å². The molecule has 0 amide bonds. The standard InChI is InChI=1S/C17H9Cl2N5S/c18-14-9-21-16-12(23-14)8-22-17(24-16)25-13-5-1-4-11(15(13)19)10-3-2-6-20-7-10/h1-9H. The van der Waals surface area contributed by atoms with Crippen LogP contribution >= 0.6 is 35.0 Å². The van der Waals surface area contributed by atoms with Crippen LogP contribution in [0.4, 0.5) is 0 Å². The molecule has 0 saturated heterocycles. The van der Waals surface area contributed by atoms with E-state index in [1.54, 1.807) is 18.6 Å². The average molecular weight is 386 g/mol. The van der Waals surface area contributed by atoms with Crippen molar-refractivity contribution in [3.8, 4) is 11.1 Å². The van der Waals surface area contributed by atoms with Gasteiger partial charge in [-0.1, -0.05) is 41.4 Å². The molecular formula is C17H9Cl2N5S. The highest BCUT2D eigenvalue weighted by molar-refractivity contribution is 7.99. The van der Waals surface area contributed by atoms with E-state index in [9.17, 15) is 0 Å². The van der Waals surface area contributed by atoms with Crippen LogP contribution in [0.3, 0.4) is 0 Å². The Hall–Kier alpha value is -2.28. The summed E-state index contributed by atoms with van der Waals surface area (Å²) in [4.78, 5) is 22.0. The summed E-state index contributed by atoms with van der Waals surface area (Å²) >= 11 is 13.8. The van der Waals surface area contributed by atoms with E-state index in [0.29, 0.717) is 26.5 Å².